The Bertz CT molecular complexity index is 614. The van der Waals surface area contributed by atoms with Crippen molar-refractivity contribution in [1.82, 2.24) is 5.32 Å². The SMILES string of the molecule is O=C(CCCc1ccc(Cl)c(Cl)c1)NC(CO)c1ccco1. The minimum atomic E-state index is -0.507. The molecule has 1 heterocycles. The number of amides is 1. The van der Waals surface area contributed by atoms with Gasteiger partial charge in [-0.2, -0.15) is 0 Å². The third-order valence-corrected chi connectivity index (χ3v) is 4.00. The molecule has 0 radical (unpaired) electrons. The molecule has 4 nitrogen and oxygen atoms in total. The third-order valence-electron chi connectivity index (χ3n) is 3.26. The highest BCUT2D eigenvalue weighted by Gasteiger charge is 2.15. The van der Waals surface area contributed by atoms with Crippen molar-refractivity contribution in [3.8, 4) is 0 Å². The zero-order valence-corrected chi connectivity index (χ0v) is 13.4. The number of carbonyl (C=O) groups is 1. The first-order valence-corrected chi connectivity index (χ1v) is 7.73. The number of aryl methyl sites for hydroxylation is 1. The summed E-state index contributed by atoms with van der Waals surface area (Å²) in [5, 5.41) is 13.1. The molecule has 1 amide bonds. The van der Waals surface area contributed by atoms with E-state index in [1.165, 1.54) is 6.26 Å². The normalized spacial score (nSPS) is 12.1. The lowest BCUT2D eigenvalue weighted by Gasteiger charge is -2.13. The molecule has 1 atom stereocenters. The Labute approximate surface area is 139 Å². The Balaban J connectivity index is 1.78. The van der Waals surface area contributed by atoms with Gasteiger partial charge in [-0.1, -0.05) is 29.3 Å². The average molecular weight is 342 g/mol. The predicted octanol–water partition coefficient (Wildman–Crippen LogP) is 3.76. The largest absolute Gasteiger partial charge is 0.467 e. The van der Waals surface area contributed by atoms with Crippen LogP contribution >= 0.6 is 23.2 Å². The van der Waals surface area contributed by atoms with E-state index in [9.17, 15) is 9.90 Å². The van der Waals surface area contributed by atoms with Crippen LogP contribution in [0.25, 0.3) is 0 Å². The van der Waals surface area contributed by atoms with Crippen LogP contribution in [0.5, 0.6) is 0 Å². The first kappa shape index (κ1) is 16.9. The van der Waals surface area contributed by atoms with Gasteiger partial charge in [-0.15, -0.1) is 0 Å². The summed E-state index contributed by atoms with van der Waals surface area (Å²) in [7, 11) is 0. The van der Waals surface area contributed by atoms with Crippen LogP contribution in [-0.4, -0.2) is 17.6 Å². The molecule has 6 heteroatoms. The van der Waals surface area contributed by atoms with E-state index in [1.807, 2.05) is 6.07 Å². The number of carbonyl (C=O) groups excluding carboxylic acids is 1. The second-order valence-corrected chi connectivity index (χ2v) is 5.73. The molecule has 1 aromatic heterocycles. The molecule has 2 rings (SSSR count). The third kappa shape index (κ3) is 4.77. The van der Waals surface area contributed by atoms with E-state index in [1.54, 1.807) is 24.3 Å². The number of furan rings is 1. The number of benzene rings is 1. The second kappa shape index (κ2) is 8.22. The van der Waals surface area contributed by atoms with Crippen molar-refractivity contribution < 1.29 is 14.3 Å². The molecule has 0 spiro atoms. The molecular weight excluding hydrogens is 325 g/mol. The summed E-state index contributed by atoms with van der Waals surface area (Å²) >= 11 is 11.8. The molecule has 0 saturated carbocycles. The van der Waals surface area contributed by atoms with E-state index in [-0.39, 0.29) is 12.5 Å². The predicted molar refractivity (Wildman–Crippen MR) is 86.1 cm³/mol. The summed E-state index contributed by atoms with van der Waals surface area (Å²) in [5.74, 6) is 0.413. The summed E-state index contributed by atoms with van der Waals surface area (Å²) in [6, 6.07) is 8.38. The summed E-state index contributed by atoms with van der Waals surface area (Å²) < 4.78 is 5.18. The molecule has 0 bridgehead atoms. The quantitative estimate of drug-likeness (QED) is 0.805. The standard InChI is InChI=1S/C16H17Cl2NO3/c17-12-7-6-11(9-13(12)18)3-1-5-16(21)19-14(10-20)15-4-2-8-22-15/h2,4,6-9,14,20H,1,3,5,10H2,(H,19,21). The molecule has 1 unspecified atom stereocenters. The minimum absolute atomic E-state index is 0.129. The van der Waals surface area contributed by atoms with Crippen LogP contribution < -0.4 is 5.32 Å². The van der Waals surface area contributed by atoms with Crippen LogP contribution in [-0.2, 0) is 11.2 Å². The van der Waals surface area contributed by atoms with E-state index in [4.69, 9.17) is 27.6 Å². The van der Waals surface area contributed by atoms with Gasteiger partial charge < -0.3 is 14.8 Å². The van der Waals surface area contributed by atoms with Gasteiger partial charge in [-0.3, -0.25) is 4.79 Å². The first-order valence-electron chi connectivity index (χ1n) is 6.97. The Morgan fingerprint density at radius 1 is 1.27 bits per heavy atom. The molecule has 0 fully saturated rings. The molecule has 22 heavy (non-hydrogen) atoms. The topological polar surface area (TPSA) is 62.5 Å². The van der Waals surface area contributed by atoms with Crippen LogP contribution in [0, 0.1) is 0 Å². The summed E-state index contributed by atoms with van der Waals surface area (Å²) in [5.41, 5.74) is 1.03. The van der Waals surface area contributed by atoms with E-state index in [0.717, 1.165) is 12.0 Å². The van der Waals surface area contributed by atoms with E-state index >= 15 is 0 Å². The zero-order chi connectivity index (χ0) is 15.9. The van der Waals surface area contributed by atoms with Gasteiger partial charge in [0.25, 0.3) is 0 Å². The van der Waals surface area contributed by atoms with Crippen molar-refractivity contribution in [2.24, 2.45) is 0 Å². The average Bonchev–Trinajstić information content (AvgIpc) is 3.02. The van der Waals surface area contributed by atoms with Gasteiger partial charge in [-0.05, 0) is 42.7 Å². The fourth-order valence-electron chi connectivity index (χ4n) is 2.11. The maximum atomic E-state index is 11.9. The molecular formula is C16H17Cl2NO3. The van der Waals surface area contributed by atoms with Gasteiger partial charge in [0.15, 0.2) is 0 Å². The second-order valence-electron chi connectivity index (χ2n) is 4.92. The van der Waals surface area contributed by atoms with Crippen LogP contribution in [0.1, 0.15) is 30.2 Å². The van der Waals surface area contributed by atoms with E-state index < -0.39 is 6.04 Å². The highest BCUT2D eigenvalue weighted by Crippen LogP contribution is 2.23. The lowest BCUT2D eigenvalue weighted by molar-refractivity contribution is -0.122. The van der Waals surface area contributed by atoms with Gasteiger partial charge in [-0.25, -0.2) is 0 Å². The van der Waals surface area contributed by atoms with Crippen LogP contribution in [0.4, 0.5) is 0 Å². The smallest absolute Gasteiger partial charge is 0.220 e. The highest BCUT2D eigenvalue weighted by atomic mass is 35.5. The van der Waals surface area contributed by atoms with Crippen molar-refractivity contribution in [2.45, 2.75) is 25.3 Å². The van der Waals surface area contributed by atoms with Crippen molar-refractivity contribution >= 4 is 29.1 Å². The number of halogens is 2. The Morgan fingerprint density at radius 3 is 2.73 bits per heavy atom. The number of nitrogens with one attached hydrogen (secondary N) is 1. The lowest BCUT2D eigenvalue weighted by atomic mass is 10.1. The maximum Gasteiger partial charge on any atom is 0.220 e. The number of hydrogen-bond acceptors (Lipinski definition) is 3. The van der Waals surface area contributed by atoms with Crippen molar-refractivity contribution in [3.05, 3.63) is 58.0 Å². The molecule has 1 aromatic carbocycles. The van der Waals surface area contributed by atoms with E-state index in [0.29, 0.717) is 28.6 Å². The molecule has 0 aliphatic rings. The molecule has 118 valence electrons. The van der Waals surface area contributed by atoms with E-state index in [2.05, 4.69) is 5.32 Å². The lowest BCUT2D eigenvalue weighted by Crippen LogP contribution is -2.30. The summed E-state index contributed by atoms with van der Waals surface area (Å²) in [4.78, 5) is 11.9. The minimum Gasteiger partial charge on any atom is -0.467 e. The van der Waals surface area contributed by atoms with Gasteiger partial charge in [0, 0.05) is 6.42 Å². The highest BCUT2D eigenvalue weighted by molar-refractivity contribution is 6.42. The number of hydrogen-bond donors (Lipinski definition) is 2. The van der Waals surface area contributed by atoms with Gasteiger partial charge in [0.05, 0.1) is 22.9 Å². The van der Waals surface area contributed by atoms with Gasteiger partial charge in [0.2, 0.25) is 5.91 Å². The van der Waals surface area contributed by atoms with Gasteiger partial charge >= 0.3 is 0 Å². The Kier molecular flexibility index (Phi) is 6.31. The Morgan fingerprint density at radius 2 is 2.09 bits per heavy atom. The molecule has 2 N–H and O–H groups in total. The molecule has 0 aliphatic heterocycles. The summed E-state index contributed by atoms with van der Waals surface area (Å²) in [6.07, 6.45) is 3.28. The molecule has 0 saturated heterocycles. The fourth-order valence-corrected chi connectivity index (χ4v) is 2.43. The molecule has 0 aliphatic carbocycles. The number of aliphatic hydroxyl groups is 1. The van der Waals surface area contributed by atoms with Gasteiger partial charge in [0.1, 0.15) is 11.8 Å². The van der Waals surface area contributed by atoms with Crippen molar-refractivity contribution in [2.75, 3.05) is 6.61 Å². The summed E-state index contributed by atoms with van der Waals surface area (Å²) in [6.45, 7) is -0.202. The van der Waals surface area contributed by atoms with Crippen LogP contribution in [0.3, 0.4) is 0 Å². The molecule has 2 aromatic rings. The Hall–Kier alpha value is -1.49. The fraction of sp³-hybridized carbons (Fsp3) is 0.312. The number of rotatable bonds is 7. The monoisotopic (exact) mass is 341 g/mol. The van der Waals surface area contributed by atoms with Crippen LogP contribution in [0.2, 0.25) is 10.0 Å². The van der Waals surface area contributed by atoms with Crippen molar-refractivity contribution in [3.63, 3.8) is 0 Å². The zero-order valence-electron chi connectivity index (χ0n) is 11.9. The van der Waals surface area contributed by atoms with Crippen LogP contribution in [0.15, 0.2) is 41.0 Å². The first-order chi connectivity index (χ1) is 10.6. The maximum absolute atomic E-state index is 11.9. The number of aliphatic hydroxyl groups excluding tert-OH is 1. The van der Waals surface area contributed by atoms with Crippen molar-refractivity contribution in [1.29, 1.82) is 0 Å².